The molecule has 0 saturated carbocycles. The summed E-state index contributed by atoms with van der Waals surface area (Å²) in [6.07, 6.45) is 2.45. The lowest BCUT2D eigenvalue weighted by molar-refractivity contribution is -0.117. The number of likely N-dealkylation sites (tertiary alicyclic amines) is 1. The molecule has 1 unspecified atom stereocenters. The number of anilines is 1. The zero-order valence-electron chi connectivity index (χ0n) is 15.0. The Balaban J connectivity index is 1.84. The second kappa shape index (κ2) is 9.79. The van der Waals surface area contributed by atoms with Gasteiger partial charge in [-0.15, -0.1) is 11.8 Å². The number of benzene rings is 1. The van der Waals surface area contributed by atoms with Gasteiger partial charge in [-0.1, -0.05) is 12.1 Å². The highest BCUT2D eigenvalue weighted by Crippen LogP contribution is 2.26. The van der Waals surface area contributed by atoms with Crippen LogP contribution in [0.25, 0.3) is 0 Å². The maximum absolute atomic E-state index is 12.4. The Labute approximate surface area is 154 Å². The van der Waals surface area contributed by atoms with E-state index in [0.717, 1.165) is 23.7 Å². The molecule has 1 aliphatic heterocycles. The summed E-state index contributed by atoms with van der Waals surface area (Å²) < 4.78 is 0. The molecule has 0 radical (unpaired) electrons. The molecule has 1 aromatic rings. The van der Waals surface area contributed by atoms with Crippen molar-refractivity contribution in [1.82, 2.24) is 9.80 Å². The molecule has 138 valence electrons. The molecule has 1 aromatic carbocycles. The highest BCUT2D eigenvalue weighted by atomic mass is 32.2. The van der Waals surface area contributed by atoms with Crippen molar-refractivity contribution in [3.8, 4) is 0 Å². The van der Waals surface area contributed by atoms with E-state index in [9.17, 15) is 9.59 Å². The molecule has 1 fully saturated rings. The quantitative estimate of drug-likeness (QED) is 0.683. The molecule has 25 heavy (non-hydrogen) atoms. The van der Waals surface area contributed by atoms with Crippen molar-refractivity contribution in [3.05, 3.63) is 24.3 Å². The van der Waals surface area contributed by atoms with E-state index in [-0.39, 0.29) is 17.6 Å². The Bertz CT molecular complexity index is 596. The van der Waals surface area contributed by atoms with E-state index >= 15 is 0 Å². The molecule has 0 bridgehead atoms. The standard InChI is InChI=1S/C18H28N4O2S/c1-21-9-5-6-14(10-21)11-22(2)12-18(24)20-15-7-3-4-8-16(15)25-13-17(19)23/h3-4,7-8,14H,5-6,9-13H2,1-2H3,(H2,19,23)(H,20,24). The first kappa shape index (κ1) is 19.8. The van der Waals surface area contributed by atoms with Crippen LogP contribution in [0.1, 0.15) is 12.8 Å². The van der Waals surface area contributed by atoms with Crippen LogP contribution in [0.3, 0.4) is 0 Å². The van der Waals surface area contributed by atoms with Gasteiger partial charge in [-0.05, 0) is 51.5 Å². The number of amides is 2. The van der Waals surface area contributed by atoms with Crippen molar-refractivity contribution in [2.24, 2.45) is 11.7 Å². The van der Waals surface area contributed by atoms with Gasteiger partial charge >= 0.3 is 0 Å². The van der Waals surface area contributed by atoms with E-state index in [4.69, 9.17) is 5.73 Å². The van der Waals surface area contributed by atoms with Crippen molar-refractivity contribution in [2.75, 3.05) is 51.3 Å². The van der Waals surface area contributed by atoms with Crippen LogP contribution in [0.5, 0.6) is 0 Å². The zero-order valence-corrected chi connectivity index (χ0v) is 15.8. The van der Waals surface area contributed by atoms with Crippen LogP contribution in [-0.4, -0.2) is 67.6 Å². The molecule has 0 aromatic heterocycles. The van der Waals surface area contributed by atoms with Gasteiger partial charge in [0, 0.05) is 18.0 Å². The molecule has 1 heterocycles. The van der Waals surface area contributed by atoms with E-state index in [1.165, 1.54) is 31.1 Å². The van der Waals surface area contributed by atoms with Gasteiger partial charge in [-0.25, -0.2) is 0 Å². The average molecular weight is 365 g/mol. The Morgan fingerprint density at radius 2 is 2.16 bits per heavy atom. The van der Waals surface area contributed by atoms with Crippen molar-refractivity contribution in [1.29, 1.82) is 0 Å². The van der Waals surface area contributed by atoms with Gasteiger partial charge < -0.3 is 16.0 Å². The number of primary amides is 1. The lowest BCUT2D eigenvalue weighted by atomic mass is 9.98. The fourth-order valence-electron chi connectivity index (χ4n) is 3.21. The first-order chi connectivity index (χ1) is 11.9. The number of carbonyl (C=O) groups excluding carboxylic acids is 2. The zero-order chi connectivity index (χ0) is 18.2. The predicted octanol–water partition coefficient (Wildman–Crippen LogP) is 1.48. The van der Waals surface area contributed by atoms with E-state index in [1.54, 1.807) is 0 Å². The fraction of sp³-hybridized carbons (Fsp3) is 0.556. The van der Waals surface area contributed by atoms with Crippen molar-refractivity contribution >= 4 is 29.3 Å². The summed E-state index contributed by atoms with van der Waals surface area (Å²) in [5.74, 6) is 0.402. The number of hydrogen-bond acceptors (Lipinski definition) is 5. The van der Waals surface area contributed by atoms with Crippen LogP contribution in [0.15, 0.2) is 29.2 Å². The molecule has 0 spiro atoms. The monoisotopic (exact) mass is 364 g/mol. The Morgan fingerprint density at radius 1 is 1.40 bits per heavy atom. The van der Waals surface area contributed by atoms with Gasteiger partial charge in [-0.3, -0.25) is 14.5 Å². The number of nitrogens with two attached hydrogens (primary N) is 1. The number of rotatable bonds is 8. The second-order valence-electron chi connectivity index (χ2n) is 6.77. The Morgan fingerprint density at radius 3 is 2.88 bits per heavy atom. The van der Waals surface area contributed by atoms with Crippen LogP contribution in [0, 0.1) is 5.92 Å². The molecule has 6 nitrogen and oxygen atoms in total. The summed E-state index contributed by atoms with van der Waals surface area (Å²) in [5.41, 5.74) is 5.93. The highest BCUT2D eigenvalue weighted by Gasteiger charge is 2.19. The smallest absolute Gasteiger partial charge is 0.238 e. The maximum Gasteiger partial charge on any atom is 0.238 e. The Kier molecular flexibility index (Phi) is 7.74. The summed E-state index contributed by atoms with van der Waals surface area (Å²) in [6.45, 7) is 3.55. The van der Waals surface area contributed by atoms with E-state index in [0.29, 0.717) is 12.5 Å². The largest absolute Gasteiger partial charge is 0.369 e. The predicted molar refractivity (Wildman–Crippen MR) is 103 cm³/mol. The molecular formula is C18H28N4O2S. The molecule has 0 aliphatic carbocycles. The molecule has 2 amide bonds. The first-order valence-corrected chi connectivity index (χ1v) is 9.59. The minimum atomic E-state index is -0.372. The molecule has 1 saturated heterocycles. The topological polar surface area (TPSA) is 78.7 Å². The summed E-state index contributed by atoms with van der Waals surface area (Å²) in [4.78, 5) is 28.6. The number of carbonyl (C=O) groups is 2. The lowest BCUT2D eigenvalue weighted by Gasteiger charge is -2.32. The van der Waals surface area contributed by atoms with Crippen molar-refractivity contribution < 1.29 is 9.59 Å². The number of piperidine rings is 1. The maximum atomic E-state index is 12.4. The average Bonchev–Trinajstić information content (AvgIpc) is 2.53. The fourth-order valence-corrected chi connectivity index (χ4v) is 3.95. The number of nitrogens with zero attached hydrogens (tertiary/aromatic N) is 2. The number of nitrogens with one attached hydrogen (secondary N) is 1. The third-order valence-corrected chi connectivity index (χ3v) is 5.33. The van der Waals surface area contributed by atoms with Crippen LogP contribution >= 0.6 is 11.8 Å². The minimum absolute atomic E-state index is 0.0428. The van der Waals surface area contributed by atoms with Crippen molar-refractivity contribution in [3.63, 3.8) is 0 Å². The summed E-state index contributed by atoms with van der Waals surface area (Å²) >= 11 is 1.34. The third-order valence-electron chi connectivity index (χ3n) is 4.24. The number of likely N-dealkylation sites (N-methyl/N-ethyl adjacent to an activating group) is 1. The van der Waals surface area contributed by atoms with Gasteiger partial charge in [0.25, 0.3) is 0 Å². The van der Waals surface area contributed by atoms with Gasteiger partial charge in [0.05, 0.1) is 18.0 Å². The lowest BCUT2D eigenvalue weighted by Crippen LogP contribution is -2.40. The third kappa shape index (κ3) is 7.05. The number of para-hydroxylation sites is 1. The second-order valence-corrected chi connectivity index (χ2v) is 7.78. The van der Waals surface area contributed by atoms with E-state index in [1.807, 2.05) is 31.3 Å². The molecule has 1 atom stereocenters. The highest BCUT2D eigenvalue weighted by molar-refractivity contribution is 8.00. The van der Waals surface area contributed by atoms with Crippen molar-refractivity contribution in [2.45, 2.75) is 17.7 Å². The molecule has 3 N–H and O–H groups in total. The first-order valence-electron chi connectivity index (χ1n) is 8.61. The SMILES string of the molecule is CN1CCCC(CN(C)CC(=O)Nc2ccccc2SCC(N)=O)C1. The molecular weight excluding hydrogens is 336 g/mol. The van der Waals surface area contributed by atoms with Crippen LogP contribution in [0.2, 0.25) is 0 Å². The minimum Gasteiger partial charge on any atom is -0.369 e. The summed E-state index contributed by atoms with van der Waals surface area (Å²) in [5, 5.41) is 2.95. The van der Waals surface area contributed by atoms with Crippen LogP contribution in [-0.2, 0) is 9.59 Å². The van der Waals surface area contributed by atoms with Crippen LogP contribution in [0.4, 0.5) is 5.69 Å². The number of hydrogen-bond donors (Lipinski definition) is 2. The van der Waals surface area contributed by atoms with E-state index < -0.39 is 0 Å². The van der Waals surface area contributed by atoms with Crippen LogP contribution < -0.4 is 11.1 Å². The molecule has 2 rings (SSSR count). The molecule has 1 aliphatic rings. The summed E-state index contributed by atoms with van der Waals surface area (Å²) in [7, 11) is 4.14. The van der Waals surface area contributed by atoms with Gasteiger partial charge in [0.1, 0.15) is 0 Å². The number of thioether (sulfide) groups is 1. The Hall–Kier alpha value is -1.57. The molecule has 7 heteroatoms. The summed E-state index contributed by atoms with van der Waals surface area (Å²) in [6, 6.07) is 7.47. The van der Waals surface area contributed by atoms with Gasteiger partial charge in [-0.2, -0.15) is 0 Å². The van der Waals surface area contributed by atoms with E-state index in [2.05, 4.69) is 22.2 Å². The normalized spacial score (nSPS) is 18.3. The van der Waals surface area contributed by atoms with Gasteiger partial charge in [0.15, 0.2) is 0 Å². The van der Waals surface area contributed by atoms with Gasteiger partial charge in [0.2, 0.25) is 11.8 Å².